The molecule has 0 bridgehead atoms. The minimum absolute atomic E-state index is 0.112. The quantitative estimate of drug-likeness (QED) is 0.630. The molecule has 0 aromatic rings. The van der Waals surface area contributed by atoms with Gasteiger partial charge in [0.1, 0.15) is 0 Å². The van der Waals surface area contributed by atoms with E-state index in [9.17, 15) is 14.7 Å². The molecular weight excluding hydrogens is 212 g/mol. The van der Waals surface area contributed by atoms with Crippen LogP contribution in [0.1, 0.15) is 19.8 Å². The molecule has 0 aliphatic carbocycles. The van der Waals surface area contributed by atoms with Crippen LogP contribution in [0.25, 0.3) is 0 Å². The summed E-state index contributed by atoms with van der Waals surface area (Å²) in [5.41, 5.74) is 0. The highest BCUT2D eigenvalue weighted by molar-refractivity contribution is 5.76. The fraction of sp³-hybridized carbons (Fsp3) is 0.800. The van der Waals surface area contributed by atoms with Crippen LogP contribution in [0.4, 0.5) is 4.79 Å². The number of carbonyl (C=O) groups excluding carboxylic acids is 1. The normalized spacial score (nSPS) is 22.6. The lowest BCUT2D eigenvalue weighted by Gasteiger charge is -2.30. The van der Waals surface area contributed by atoms with Crippen LogP contribution in [-0.2, 0) is 4.79 Å². The Hall–Kier alpha value is -1.30. The van der Waals surface area contributed by atoms with E-state index in [-0.39, 0.29) is 12.6 Å². The average Bonchev–Trinajstić information content (AvgIpc) is 2.25. The lowest BCUT2D eigenvalue weighted by molar-refractivity contribution is -0.140. The Labute approximate surface area is 94.2 Å². The molecule has 1 saturated heterocycles. The predicted molar refractivity (Wildman–Crippen MR) is 57.0 cm³/mol. The Morgan fingerprint density at radius 1 is 1.56 bits per heavy atom. The maximum Gasteiger partial charge on any atom is 0.317 e. The van der Waals surface area contributed by atoms with Crippen molar-refractivity contribution in [1.29, 1.82) is 0 Å². The summed E-state index contributed by atoms with van der Waals surface area (Å²) in [6.45, 7) is 2.59. The van der Waals surface area contributed by atoms with Gasteiger partial charge in [0.2, 0.25) is 0 Å². The number of carboxylic acids is 1. The molecule has 1 rings (SSSR count). The van der Waals surface area contributed by atoms with Crippen LogP contribution in [0.15, 0.2) is 0 Å². The maximum absolute atomic E-state index is 11.6. The zero-order valence-corrected chi connectivity index (χ0v) is 9.35. The van der Waals surface area contributed by atoms with E-state index in [1.807, 2.05) is 0 Å². The minimum Gasteiger partial charge on any atom is -0.481 e. The molecule has 6 heteroatoms. The Bertz CT molecular complexity index is 270. The third-order valence-corrected chi connectivity index (χ3v) is 2.66. The second-order valence-electron chi connectivity index (χ2n) is 4.17. The molecule has 2 atom stereocenters. The van der Waals surface area contributed by atoms with E-state index < -0.39 is 18.0 Å². The number of hydrogen-bond acceptors (Lipinski definition) is 3. The Kier molecular flexibility index (Phi) is 4.54. The summed E-state index contributed by atoms with van der Waals surface area (Å²) in [5.74, 6) is -1.53. The first-order valence-electron chi connectivity index (χ1n) is 5.44. The topological polar surface area (TPSA) is 89.9 Å². The van der Waals surface area contributed by atoms with E-state index in [2.05, 4.69) is 5.32 Å². The number of β-amino-alcohol motifs (C(OH)–C–C–N with tert-alkyl or cyclic N) is 1. The van der Waals surface area contributed by atoms with Gasteiger partial charge in [-0.2, -0.15) is 0 Å². The lowest BCUT2D eigenvalue weighted by Crippen LogP contribution is -2.48. The molecule has 1 fully saturated rings. The number of piperidine rings is 1. The number of nitrogens with one attached hydrogen (secondary N) is 1. The number of amides is 2. The molecule has 0 aromatic heterocycles. The number of rotatable bonds is 3. The molecular formula is C10H18N2O4. The number of carboxylic acid groups (broad SMARTS) is 1. The Balaban J connectivity index is 2.31. The van der Waals surface area contributed by atoms with Crippen LogP contribution in [0.3, 0.4) is 0 Å². The number of aliphatic hydroxyl groups excluding tert-OH is 1. The van der Waals surface area contributed by atoms with Crippen molar-refractivity contribution in [2.24, 2.45) is 5.92 Å². The second kappa shape index (κ2) is 5.69. The van der Waals surface area contributed by atoms with Gasteiger partial charge in [-0.25, -0.2) is 4.79 Å². The molecule has 1 aliphatic heterocycles. The van der Waals surface area contributed by atoms with Crippen molar-refractivity contribution in [2.75, 3.05) is 19.6 Å². The highest BCUT2D eigenvalue weighted by atomic mass is 16.4. The van der Waals surface area contributed by atoms with Gasteiger partial charge in [-0.3, -0.25) is 4.79 Å². The summed E-state index contributed by atoms with van der Waals surface area (Å²) >= 11 is 0. The van der Waals surface area contributed by atoms with Crippen molar-refractivity contribution in [3.8, 4) is 0 Å². The van der Waals surface area contributed by atoms with E-state index in [4.69, 9.17) is 5.11 Å². The van der Waals surface area contributed by atoms with E-state index in [1.165, 1.54) is 11.8 Å². The molecule has 0 aromatic carbocycles. The van der Waals surface area contributed by atoms with Gasteiger partial charge in [-0.15, -0.1) is 0 Å². The molecule has 2 unspecified atom stereocenters. The van der Waals surface area contributed by atoms with Crippen molar-refractivity contribution >= 4 is 12.0 Å². The summed E-state index contributed by atoms with van der Waals surface area (Å²) in [5, 5.41) is 20.6. The number of likely N-dealkylation sites (tertiary alicyclic amines) is 1. The molecule has 92 valence electrons. The molecule has 16 heavy (non-hydrogen) atoms. The van der Waals surface area contributed by atoms with E-state index in [0.29, 0.717) is 13.1 Å². The second-order valence-corrected chi connectivity index (χ2v) is 4.17. The van der Waals surface area contributed by atoms with E-state index in [1.54, 1.807) is 0 Å². The lowest BCUT2D eigenvalue weighted by atomic mass is 10.1. The zero-order chi connectivity index (χ0) is 12.1. The van der Waals surface area contributed by atoms with Crippen molar-refractivity contribution < 1.29 is 19.8 Å². The van der Waals surface area contributed by atoms with Crippen LogP contribution in [0.2, 0.25) is 0 Å². The third kappa shape index (κ3) is 3.69. The fourth-order valence-corrected chi connectivity index (χ4v) is 1.58. The SMILES string of the molecule is CC(CNC(=O)N1CCCC(O)C1)C(=O)O. The summed E-state index contributed by atoms with van der Waals surface area (Å²) < 4.78 is 0. The van der Waals surface area contributed by atoms with Gasteiger partial charge in [-0.05, 0) is 12.8 Å². The number of aliphatic carboxylic acids is 1. The standard InChI is InChI=1S/C10H18N2O4/c1-7(9(14)15)5-11-10(16)12-4-2-3-8(13)6-12/h7-8,13H,2-6H2,1H3,(H,11,16)(H,14,15). The van der Waals surface area contributed by atoms with Crippen molar-refractivity contribution in [1.82, 2.24) is 10.2 Å². The summed E-state index contributed by atoms with van der Waals surface area (Å²) in [6, 6.07) is -0.299. The van der Waals surface area contributed by atoms with Crippen LogP contribution in [0, 0.1) is 5.92 Å². The number of carbonyl (C=O) groups is 2. The Morgan fingerprint density at radius 2 is 2.25 bits per heavy atom. The van der Waals surface area contributed by atoms with Gasteiger partial charge in [0.25, 0.3) is 0 Å². The first-order valence-corrected chi connectivity index (χ1v) is 5.44. The van der Waals surface area contributed by atoms with Crippen molar-refractivity contribution in [3.63, 3.8) is 0 Å². The van der Waals surface area contributed by atoms with Gasteiger partial charge in [-0.1, -0.05) is 6.92 Å². The van der Waals surface area contributed by atoms with Gasteiger partial charge < -0.3 is 20.4 Å². The van der Waals surface area contributed by atoms with Gasteiger partial charge >= 0.3 is 12.0 Å². The van der Waals surface area contributed by atoms with Crippen molar-refractivity contribution in [3.05, 3.63) is 0 Å². The third-order valence-electron chi connectivity index (χ3n) is 2.66. The first-order chi connectivity index (χ1) is 7.50. The zero-order valence-electron chi connectivity index (χ0n) is 9.35. The molecule has 1 aliphatic rings. The average molecular weight is 230 g/mol. The summed E-state index contributed by atoms with van der Waals surface area (Å²) in [6.07, 6.45) is 1.04. The molecule has 2 amide bonds. The largest absolute Gasteiger partial charge is 0.481 e. The number of aliphatic hydroxyl groups is 1. The molecule has 0 spiro atoms. The Morgan fingerprint density at radius 3 is 2.81 bits per heavy atom. The highest BCUT2D eigenvalue weighted by Crippen LogP contribution is 2.09. The number of urea groups is 1. The van der Waals surface area contributed by atoms with Crippen molar-refractivity contribution in [2.45, 2.75) is 25.9 Å². The van der Waals surface area contributed by atoms with Crippen LogP contribution in [-0.4, -0.2) is 52.9 Å². The highest BCUT2D eigenvalue weighted by Gasteiger charge is 2.22. The van der Waals surface area contributed by atoms with E-state index in [0.717, 1.165) is 12.8 Å². The van der Waals surface area contributed by atoms with Gasteiger partial charge in [0.15, 0.2) is 0 Å². The molecule has 0 radical (unpaired) electrons. The minimum atomic E-state index is -0.932. The smallest absolute Gasteiger partial charge is 0.317 e. The van der Waals surface area contributed by atoms with Gasteiger partial charge in [0.05, 0.1) is 12.0 Å². The molecule has 0 saturated carbocycles. The molecule has 6 nitrogen and oxygen atoms in total. The maximum atomic E-state index is 11.6. The van der Waals surface area contributed by atoms with E-state index >= 15 is 0 Å². The first kappa shape index (κ1) is 12.8. The summed E-state index contributed by atoms with van der Waals surface area (Å²) in [4.78, 5) is 23.6. The number of nitrogens with zero attached hydrogens (tertiary/aromatic N) is 1. The van der Waals surface area contributed by atoms with Crippen LogP contribution >= 0.6 is 0 Å². The molecule has 3 N–H and O–H groups in total. The fourth-order valence-electron chi connectivity index (χ4n) is 1.58. The van der Waals surface area contributed by atoms with Gasteiger partial charge in [0, 0.05) is 19.6 Å². The monoisotopic (exact) mass is 230 g/mol. The van der Waals surface area contributed by atoms with Crippen LogP contribution in [0.5, 0.6) is 0 Å². The molecule has 1 heterocycles. The van der Waals surface area contributed by atoms with Crippen LogP contribution < -0.4 is 5.32 Å². The predicted octanol–water partition coefficient (Wildman–Crippen LogP) is -0.127. The summed E-state index contributed by atoms with van der Waals surface area (Å²) in [7, 11) is 0. The number of hydrogen-bond donors (Lipinski definition) is 3.